The summed E-state index contributed by atoms with van der Waals surface area (Å²) < 4.78 is 7.22. The SMILES string of the molecule is CCOc1ccc2nc(NC(=O)CSC(=S)N(CC)CC)sc2c1. The second kappa shape index (κ2) is 9.19. The van der Waals surface area contributed by atoms with E-state index in [4.69, 9.17) is 17.0 Å². The maximum atomic E-state index is 12.1. The molecule has 24 heavy (non-hydrogen) atoms. The van der Waals surface area contributed by atoms with E-state index in [1.165, 1.54) is 23.1 Å². The molecule has 1 aromatic carbocycles. The molecule has 8 heteroatoms. The Kier molecular flexibility index (Phi) is 7.26. The third kappa shape index (κ3) is 5.06. The predicted octanol–water partition coefficient (Wildman–Crippen LogP) is 3.99. The summed E-state index contributed by atoms with van der Waals surface area (Å²) in [5, 5.41) is 3.44. The van der Waals surface area contributed by atoms with Crippen molar-refractivity contribution in [1.82, 2.24) is 9.88 Å². The van der Waals surface area contributed by atoms with Gasteiger partial charge in [-0.1, -0.05) is 35.3 Å². The van der Waals surface area contributed by atoms with E-state index >= 15 is 0 Å². The van der Waals surface area contributed by atoms with Crippen LogP contribution < -0.4 is 10.1 Å². The quantitative estimate of drug-likeness (QED) is 0.730. The molecule has 2 rings (SSSR count). The highest BCUT2D eigenvalue weighted by Crippen LogP contribution is 2.29. The van der Waals surface area contributed by atoms with Gasteiger partial charge in [-0.05, 0) is 39.0 Å². The predicted molar refractivity (Wildman–Crippen MR) is 107 cm³/mol. The van der Waals surface area contributed by atoms with Crippen molar-refractivity contribution in [3.8, 4) is 5.75 Å². The van der Waals surface area contributed by atoms with Crippen molar-refractivity contribution in [1.29, 1.82) is 0 Å². The Balaban J connectivity index is 1.94. The molecule has 130 valence electrons. The van der Waals surface area contributed by atoms with Crippen LogP contribution in [0, 0.1) is 0 Å². The molecule has 0 unspecified atom stereocenters. The van der Waals surface area contributed by atoms with Crippen molar-refractivity contribution in [2.75, 3.05) is 30.8 Å². The van der Waals surface area contributed by atoms with Crippen molar-refractivity contribution in [3.05, 3.63) is 18.2 Å². The van der Waals surface area contributed by atoms with Crippen molar-refractivity contribution in [3.63, 3.8) is 0 Å². The number of aromatic nitrogens is 1. The number of nitrogens with zero attached hydrogens (tertiary/aromatic N) is 2. The van der Waals surface area contributed by atoms with Gasteiger partial charge in [0.2, 0.25) is 5.91 Å². The van der Waals surface area contributed by atoms with Gasteiger partial charge in [0.05, 0.1) is 22.6 Å². The molecule has 1 N–H and O–H groups in total. The van der Waals surface area contributed by atoms with Gasteiger partial charge in [-0.25, -0.2) is 4.98 Å². The van der Waals surface area contributed by atoms with Crippen LogP contribution in [0.2, 0.25) is 0 Å². The average molecular weight is 384 g/mol. The highest BCUT2D eigenvalue weighted by Gasteiger charge is 2.12. The van der Waals surface area contributed by atoms with E-state index in [0.29, 0.717) is 11.7 Å². The molecular weight excluding hydrogens is 362 g/mol. The Morgan fingerprint density at radius 3 is 2.79 bits per heavy atom. The Morgan fingerprint density at radius 1 is 1.38 bits per heavy atom. The summed E-state index contributed by atoms with van der Waals surface area (Å²) in [5.41, 5.74) is 0.852. The van der Waals surface area contributed by atoms with Gasteiger partial charge in [0.1, 0.15) is 10.1 Å². The molecule has 0 atom stereocenters. The largest absolute Gasteiger partial charge is 0.494 e. The second-order valence-corrected chi connectivity index (χ2v) is 7.50. The zero-order valence-electron chi connectivity index (χ0n) is 14.0. The first-order valence-electron chi connectivity index (χ1n) is 7.82. The molecule has 1 heterocycles. The van der Waals surface area contributed by atoms with Crippen LogP contribution in [0.25, 0.3) is 10.2 Å². The summed E-state index contributed by atoms with van der Waals surface area (Å²) in [6.07, 6.45) is 0. The lowest BCUT2D eigenvalue weighted by Gasteiger charge is -2.20. The molecule has 2 aromatic rings. The third-order valence-corrected chi connectivity index (χ3v) is 5.72. The first-order chi connectivity index (χ1) is 11.6. The lowest BCUT2D eigenvalue weighted by Crippen LogP contribution is -2.28. The standard InChI is InChI=1S/C16H21N3O2S3/c1-4-19(5-2)16(22)23-10-14(20)18-15-17-12-8-7-11(21-6-3)9-13(12)24-15/h7-9H,4-6,10H2,1-3H3,(H,17,18,20). The molecule has 0 aliphatic heterocycles. The molecule has 0 fully saturated rings. The van der Waals surface area contributed by atoms with Crippen molar-refractivity contribution >= 4 is 60.9 Å². The number of ether oxygens (including phenoxy) is 1. The molecule has 0 saturated heterocycles. The Morgan fingerprint density at radius 2 is 2.12 bits per heavy atom. The van der Waals surface area contributed by atoms with Crippen molar-refractivity contribution in [2.45, 2.75) is 20.8 Å². The number of carbonyl (C=O) groups excluding carboxylic acids is 1. The average Bonchev–Trinajstić information content (AvgIpc) is 2.95. The number of thiazole rings is 1. The van der Waals surface area contributed by atoms with E-state index in [2.05, 4.69) is 15.2 Å². The van der Waals surface area contributed by atoms with Crippen LogP contribution in [-0.2, 0) is 4.79 Å². The minimum absolute atomic E-state index is 0.0985. The molecule has 0 bridgehead atoms. The number of fused-ring (bicyclic) bond motifs is 1. The molecular formula is C16H21N3O2S3. The number of benzene rings is 1. The van der Waals surface area contributed by atoms with E-state index in [1.807, 2.05) is 39.0 Å². The number of anilines is 1. The molecule has 0 radical (unpaired) electrons. The van der Waals surface area contributed by atoms with Crippen LogP contribution in [0.15, 0.2) is 18.2 Å². The molecule has 0 aliphatic rings. The van der Waals surface area contributed by atoms with Crippen molar-refractivity contribution < 1.29 is 9.53 Å². The van der Waals surface area contributed by atoms with Crippen LogP contribution in [0.4, 0.5) is 5.13 Å². The third-order valence-electron chi connectivity index (χ3n) is 3.27. The summed E-state index contributed by atoms with van der Waals surface area (Å²) in [6.45, 7) is 8.37. The molecule has 5 nitrogen and oxygen atoms in total. The summed E-state index contributed by atoms with van der Waals surface area (Å²) in [5.74, 6) is 1.00. The summed E-state index contributed by atoms with van der Waals surface area (Å²) in [6, 6.07) is 5.72. The molecule has 1 aromatic heterocycles. The topological polar surface area (TPSA) is 54.5 Å². The van der Waals surface area contributed by atoms with Gasteiger partial charge in [0.25, 0.3) is 0 Å². The molecule has 1 amide bonds. The first kappa shape index (κ1) is 19.0. The summed E-state index contributed by atoms with van der Waals surface area (Å²) in [4.78, 5) is 18.6. The van der Waals surface area contributed by atoms with E-state index in [1.54, 1.807) is 0 Å². The summed E-state index contributed by atoms with van der Waals surface area (Å²) in [7, 11) is 0. The van der Waals surface area contributed by atoms with Crippen LogP contribution in [0.5, 0.6) is 5.75 Å². The van der Waals surface area contributed by atoms with Gasteiger partial charge in [-0.15, -0.1) is 0 Å². The Labute approximate surface area is 155 Å². The van der Waals surface area contributed by atoms with E-state index in [9.17, 15) is 4.79 Å². The minimum Gasteiger partial charge on any atom is -0.494 e. The molecule has 0 spiro atoms. The number of carbonyl (C=O) groups is 1. The normalized spacial score (nSPS) is 10.6. The minimum atomic E-state index is -0.0985. The molecule has 0 aliphatic carbocycles. The second-order valence-electron chi connectivity index (χ2n) is 4.86. The monoisotopic (exact) mass is 383 g/mol. The lowest BCUT2D eigenvalue weighted by molar-refractivity contribution is -0.113. The summed E-state index contributed by atoms with van der Waals surface area (Å²) >= 11 is 8.15. The highest BCUT2D eigenvalue weighted by atomic mass is 32.2. The first-order valence-corrected chi connectivity index (χ1v) is 10.0. The number of hydrogen-bond acceptors (Lipinski definition) is 6. The number of rotatable bonds is 7. The molecule has 0 saturated carbocycles. The van der Waals surface area contributed by atoms with Crippen LogP contribution >= 0.6 is 35.3 Å². The number of hydrogen-bond donors (Lipinski definition) is 1. The smallest absolute Gasteiger partial charge is 0.236 e. The van der Waals surface area contributed by atoms with Crippen LogP contribution in [0.3, 0.4) is 0 Å². The zero-order valence-corrected chi connectivity index (χ0v) is 16.4. The van der Waals surface area contributed by atoms with E-state index < -0.39 is 0 Å². The number of nitrogens with one attached hydrogen (secondary N) is 1. The van der Waals surface area contributed by atoms with Crippen LogP contribution in [-0.4, -0.2) is 45.6 Å². The van der Waals surface area contributed by atoms with Gasteiger partial charge in [0, 0.05) is 13.1 Å². The fourth-order valence-corrected chi connectivity index (χ4v) is 4.18. The van der Waals surface area contributed by atoms with Gasteiger partial charge in [-0.3, -0.25) is 4.79 Å². The highest BCUT2D eigenvalue weighted by molar-refractivity contribution is 8.23. The Hall–Kier alpha value is -1.38. The van der Waals surface area contributed by atoms with E-state index in [0.717, 1.165) is 33.4 Å². The maximum absolute atomic E-state index is 12.1. The number of amides is 1. The zero-order chi connectivity index (χ0) is 17.5. The van der Waals surface area contributed by atoms with Crippen molar-refractivity contribution in [2.24, 2.45) is 0 Å². The van der Waals surface area contributed by atoms with Gasteiger partial charge >= 0.3 is 0 Å². The fourth-order valence-electron chi connectivity index (χ4n) is 2.07. The lowest BCUT2D eigenvalue weighted by atomic mass is 10.3. The fraction of sp³-hybridized carbons (Fsp3) is 0.438. The van der Waals surface area contributed by atoms with Crippen LogP contribution in [0.1, 0.15) is 20.8 Å². The van der Waals surface area contributed by atoms with Gasteiger partial charge in [0.15, 0.2) is 5.13 Å². The van der Waals surface area contributed by atoms with Gasteiger partial charge in [-0.2, -0.15) is 0 Å². The number of thioether (sulfide) groups is 1. The van der Waals surface area contributed by atoms with Gasteiger partial charge < -0.3 is 15.0 Å². The number of thiocarbonyl (C=S) groups is 1. The van der Waals surface area contributed by atoms with E-state index in [-0.39, 0.29) is 11.7 Å². The Bertz CT molecular complexity index is 714. The maximum Gasteiger partial charge on any atom is 0.236 e.